The summed E-state index contributed by atoms with van der Waals surface area (Å²) in [7, 11) is 2.02. The predicted molar refractivity (Wildman–Crippen MR) is 82.0 cm³/mol. The van der Waals surface area contributed by atoms with Gasteiger partial charge >= 0.3 is 0 Å². The summed E-state index contributed by atoms with van der Waals surface area (Å²) in [6.07, 6.45) is 2.05. The van der Waals surface area contributed by atoms with E-state index in [9.17, 15) is 4.79 Å². The summed E-state index contributed by atoms with van der Waals surface area (Å²) in [5.41, 5.74) is 2.80. The average Bonchev–Trinajstić information content (AvgIpc) is 3.15. The lowest BCUT2D eigenvalue weighted by Gasteiger charge is -2.12. The highest BCUT2D eigenvalue weighted by Gasteiger charge is 2.30. The van der Waals surface area contributed by atoms with Gasteiger partial charge in [0.1, 0.15) is 12.2 Å². The molecule has 3 N–H and O–H groups in total. The van der Waals surface area contributed by atoms with E-state index in [4.69, 9.17) is 5.11 Å². The molecule has 1 aliphatic rings. The number of fused-ring (bicyclic) bond motifs is 1. The number of aliphatic hydroxyl groups is 1. The van der Waals surface area contributed by atoms with Crippen LogP contribution in [0.15, 0.2) is 24.5 Å². The maximum atomic E-state index is 12.2. The molecule has 2 heterocycles. The van der Waals surface area contributed by atoms with Crippen LogP contribution in [0.5, 0.6) is 0 Å². The Morgan fingerprint density at radius 1 is 1.55 bits per heavy atom. The van der Waals surface area contributed by atoms with Gasteiger partial charge in [0.05, 0.1) is 5.92 Å². The van der Waals surface area contributed by atoms with Crippen molar-refractivity contribution in [3.8, 4) is 0 Å². The van der Waals surface area contributed by atoms with E-state index in [1.54, 1.807) is 0 Å². The van der Waals surface area contributed by atoms with Gasteiger partial charge in [-0.3, -0.25) is 9.89 Å². The molecular formula is C15H19N5O2. The Balaban J connectivity index is 1.85. The van der Waals surface area contributed by atoms with Crippen molar-refractivity contribution < 1.29 is 9.90 Å². The predicted octanol–water partition coefficient (Wildman–Crippen LogP) is 0.499. The fraction of sp³-hybridized carbons (Fsp3) is 0.400. The molecule has 1 aliphatic heterocycles. The van der Waals surface area contributed by atoms with Crippen molar-refractivity contribution in [2.75, 3.05) is 31.6 Å². The first-order valence-electron chi connectivity index (χ1n) is 7.30. The van der Waals surface area contributed by atoms with Crippen LogP contribution in [0, 0.1) is 0 Å². The Bertz CT molecular complexity index is 656. The van der Waals surface area contributed by atoms with E-state index in [-0.39, 0.29) is 18.4 Å². The van der Waals surface area contributed by atoms with Gasteiger partial charge < -0.3 is 15.3 Å². The molecule has 22 heavy (non-hydrogen) atoms. The first-order chi connectivity index (χ1) is 10.7. The Morgan fingerprint density at radius 2 is 2.41 bits per heavy atom. The van der Waals surface area contributed by atoms with Crippen LogP contribution in [0.2, 0.25) is 0 Å². The van der Waals surface area contributed by atoms with Crippen molar-refractivity contribution in [2.24, 2.45) is 0 Å². The number of hydrogen-bond acceptors (Lipinski definition) is 5. The lowest BCUT2D eigenvalue weighted by Crippen LogP contribution is -2.25. The van der Waals surface area contributed by atoms with Gasteiger partial charge in [0.15, 0.2) is 0 Å². The number of aliphatic hydroxyl groups excluding tert-OH is 1. The van der Waals surface area contributed by atoms with Crippen LogP contribution >= 0.6 is 0 Å². The second kappa shape index (κ2) is 6.15. The smallest absolute Gasteiger partial charge is 0.251 e. The Hall–Kier alpha value is -2.41. The van der Waals surface area contributed by atoms with Crippen molar-refractivity contribution in [3.63, 3.8) is 0 Å². The molecule has 0 aliphatic carbocycles. The first kappa shape index (κ1) is 14.5. The Morgan fingerprint density at radius 3 is 3.14 bits per heavy atom. The van der Waals surface area contributed by atoms with Gasteiger partial charge in [0.2, 0.25) is 0 Å². The van der Waals surface area contributed by atoms with E-state index < -0.39 is 0 Å². The van der Waals surface area contributed by atoms with Crippen molar-refractivity contribution in [2.45, 2.75) is 12.3 Å². The maximum Gasteiger partial charge on any atom is 0.251 e. The number of aromatic amines is 1. The third-order valence-electron chi connectivity index (χ3n) is 3.92. The minimum Gasteiger partial charge on any atom is -0.396 e. The SMILES string of the molecule is CN1CC(c2ncn[nH]2)c2cc(C(=O)NCCCO)ccc21. The number of amides is 1. The molecule has 0 saturated heterocycles. The molecule has 2 aromatic rings. The van der Waals surface area contributed by atoms with Crippen molar-refractivity contribution in [1.82, 2.24) is 20.5 Å². The summed E-state index contributed by atoms with van der Waals surface area (Å²) >= 11 is 0. The summed E-state index contributed by atoms with van der Waals surface area (Å²) < 4.78 is 0. The monoisotopic (exact) mass is 301 g/mol. The molecule has 0 bridgehead atoms. The number of hydrogen-bond donors (Lipinski definition) is 3. The molecule has 1 amide bonds. The van der Waals surface area contributed by atoms with Gasteiger partial charge in [0, 0.05) is 38.0 Å². The quantitative estimate of drug-likeness (QED) is 0.699. The van der Waals surface area contributed by atoms with Gasteiger partial charge in [-0.1, -0.05) is 0 Å². The fourth-order valence-corrected chi connectivity index (χ4v) is 2.79. The molecule has 1 atom stereocenters. The van der Waals surface area contributed by atoms with Crippen LogP contribution in [0.3, 0.4) is 0 Å². The number of likely N-dealkylation sites (N-methyl/N-ethyl adjacent to an activating group) is 1. The van der Waals surface area contributed by atoms with E-state index in [1.807, 2.05) is 25.2 Å². The number of rotatable bonds is 5. The lowest BCUT2D eigenvalue weighted by atomic mass is 9.98. The standard InChI is InChI=1S/C15H19N5O2/c1-20-8-12(14-17-9-18-19-14)11-7-10(3-4-13(11)20)15(22)16-5-2-6-21/h3-4,7,9,12,21H,2,5-6,8H2,1H3,(H,16,22)(H,17,18,19). The van der Waals surface area contributed by atoms with Gasteiger partial charge in [-0.2, -0.15) is 5.10 Å². The number of nitrogens with one attached hydrogen (secondary N) is 2. The van der Waals surface area contributed by atoms with Crippen LogP contribution in [0.1, 0.15) is 34.1 Å². The van der Waals surface area contributed by atoms with E-state index in [1.165, 1.54) is 6.33 Å². The molecule has 7 heteroatoms. The third kappa shape index (κ3) is 2.67. The van der Waals surface area contributed by atoms with Crippen LogP contribution in [0.25, 0.3) is 0 Å². The number of aromatic nitrogens is 3. The molecule has 1 aromatic carbocycles. The molecule has 1 aromatic heterocycles. The van der Waals surface area contributed by atoms with E-state index in [0.717, 1.165) is 23.6 Å². The Labute approximate surface area is 128 Å². The van der Waals surface area contributed by atoms with Crippen LogP contribution in [-0.2, 0) is 0 Å². The van der Waals surface area contributed by atoms with Gasteiger partial charge in [-0.15, -0.1) is 0 Å². The number of benzene rings is 1. The zero-order valence-electron chi connectivity index (χ0n) is 12.4. The second-order valence-electron chi connectivity index (χ2n) is 5.41. The van der Waals surface area contributed by atoms with E-state index >= 15 is 0 Å². The molecule has 0 fully saturated rings. The van der Waals surface area contributed by atoms with Crippen LogP contribution < -0.4 is 10.2 Å². The maximum absolute atomic E-state index is 12.2. The molecule has 0 radical (unpaired) electrons. The second-order valence-corrected chi connectivity index (χ2v) is 5.41. The summed E-state index contributed by atoms with van der Waals surface area (Å²) in [6, 6.07) is 5.71. The number of nitrogens with zero attached hydrogens (tertiary/aromatic N) is 3. The first-order valence-corrected chi connectivity index (χ1v) is 7.30. The highest BCUT2D eigenvalue weighted by Crippen LogP contribution is 2.38. The van der Waals surface area contributed by atoms with Crippen molar-refractivity contribution >= 4 is 11.6 Å². The van der Waals surface area contributed by atoms with Crippen molar-refractivity contribution in [3.05, 3.63) is 41.5 Å². The molecule has 116 valence electrons. The molecule has 3 rings (SSSR count). The largest absolute Gasteiger partial charge is 0.396 e. The number of H-pyrrole nitrogens is 1. The zero-order valence-corrected chi connectivity index (χ0v) is 12.4. The number of carbonyl (C=O) groups is 1. The summed E-state index contributed by atoms with van der Waals surface area (Å²) in [6.45, 7) is 1.35. The topological polar surface area (TPSA) is 94.1 Å². The van der Waals surface area contributed by atoms with Gasteiger partial charge in [-0.25, -0.2) is 4.98 Å². The molecule has 0 saturated carbocycles. The zero-order chi connectivity index (χ0) is 15.5. The Kier molecular flexibility index (Phi) is 4.06. The summed E-state index contributed by atoms with van der Waals surface area (Å²) in [5, 5.41) is 18.4. The van der Waals surface area contributed by atoms with E-state index in [0.29, 0.717) is 18.5 Å². The van der Waals surface area contributed by atoms with Crippen LogP contribution in [-0.4, -0.2) is 52.9 Å². The summed E-state index contributed by atoms with van der Waals surface area (Å²) in [5.74, 6) is 0.776. The van der Waals surface area contributed by atoms with Gasteiger partial charge in [0.25, 0.3) is 5.91 Å². The molecular weight excluding hydrogens is 282 g/mol. The highest BCUT2D eigenvalue weighted by atomic mass is 16.3. The molecule has 0 spiro atoms. The minimum absolute atomic E-state index is 0.0723. The fourth-order valence-electron chi connectivity index (χ4n) is 2.79. The lowest BCUT2D eigenvalue weighted by molar-refractivity contribution is 0.0951. The summed E-state index contributed by atoms with van der Waals surface area (Å²) in [4.78, 5) is 18.5. The van der Waals surface area contributed by atoms with E-state index in [2.05, 4.69) is 25.4 Å². The van der Waals surface area contributed by atoms with Crippen LogP contribution in [0.4, 0.5) is 5.69 Å². The molecule has 1 unspecified atom stereocenters. The number of carbonyl (C=O) groups excluding carboxylic acids is 1. The average molecular weight is 301 g/mol. The van der Waals surface area contributed by atoms with Gasteiger partial charge in [-0.05, 0) is 30.2 Å². The third-order valence-corrected chi connectivity index (χ3v) is 3.92. The minimum atomic E-state index is -0.123. The highest BCUT2D eigenvalue weighted by molar-refractivity contribution is 5.95. The van der Waals surface area contributed by atoms with Crippen molar-refractivity contribution in [1.29, 1.82) is 0 Å². The number of anilines is 1. The normalized spacial score (nSPS) is 16.6. The molecule has 7 nitrogen and oxygen atoms in total.